The molecule has 1 aromatic carbocycles. The third kappa shape index (κ3) is 5.73. The van der Waals surface area contributed by atoms with Gasteiger partial charge in [-0.1, -0.05) is 50.8 Å². The van der Waals surface area contributed by atoms with Crippen molar-refractivity contribution in [1.82, 2.24) is 5.32 Å². The fourth-order valence-electron chi connectivity index (χ4n) is 2.01. The Hall–Kier alpha value is -0.0500. The van der Waals surface area contributed by atoms with Crippen LogP contribution in [-0.2, 0) is 6.54 Å². The van der Waals surface area contributed by atoms with E-state index in [0.717, 1.165) is 28.5 Å². The van der Waals surface area contributed by atoms with Gasteiger partial charge in [0.15, 0.2) is 0 Å². The van der Waals surface area contributed by atoms with Gasteiger partial charge in [0.05, 0.1) is 5.02 Å². The highest BCUT2D eigenvalue weighted by Gasteiger charge is 2.05. The number of unbranched alkanes of at least 4 members (excludes halogenated alkanes) is 1. The molecule has 3 heteroatoms. The van der Waals surface area contributed by atoms with Crippen LogP contribution in [0.15, 0.2) is 22.7 Å². The molecule has 18 heavy (non-hydrogen) atoms. The molecule has 0 fully saturated rings. The zero-order valence-corrected chi connectivity index (χ0v) is 13.6. The van der Waals surface area contributed by atoms with E-state index in [1.54, 1.807) is 0 Å². The van der Waals surface area contributed by atoms with E-state index in [2.05, 4.69) is 47.2 Å². The summed E-state index contributed by atoms with van der Waals surface area (Å²) in [5.41, 5.74) is 1.27. The van der Waals surface area contributed by atoms with E-state index in [-0.39, 0.29) is 0 Å². The summed E-state index contributed by atoms with van der Waals surface area (Å²) in [6.45, 7) is 6.56. The Morgan fingerprint density at radius 3 is 2.72 bits per heavy atom. The highest BCUT2D eigenvalue weighted by molar-refractivity contribution is 9.10. The summed E-state index contributed by atoms with van der Waals surface area (Å²) in [7, 11) is 0. The zero-order valence-electron chi connectivity index (χ0n) is 11.3. The minimum absolute atomic E-state index is 0.771. The molecule has 0 radical (unpaired) electrons. The molecular weight excluding hydrogens is 310 g/mol. The van der Waals surface area contributed by atoms with Crippen molar-refractivity contribution in [3.8, 4) is 0 Å². The fourth-order valence-corrected chi connectivity index (χ4v) is 2.56. The standard InChI is InChI=1S/C15H23BrClN/c1-3-5-6-12(4-2)10-18-11-13-7-8-15(17)14(16)9-13/h7-9,12,18H,3-6,10-11H2,1-2H3. The van der Waals surface area contributed by atoms with E-state index in [0.29, 0.717) is 0 Å². The molecule has 0 aliphatic heterocycles. The van der Waals surface area contributed by atoms with Gasteiger partial charge in [0.1, 0.15) is 0 Å². The third-order valence-electron chi connectivity index (χ3n) is 3.29. The highest BCUT2D eigenvalue weighted by Crippen LogP contribution is 2.23. The first-order chi connectivity index (χ1) is 8.67. The van der Waals surface area contributed by atoms with E-state index < -0.39 is 0 Å². The first kappa shape index (κ1) is 16.0. The Balaban J connectivity index is 2.33. The largest absolute Gasteiger partial charge is 0.312 e. The van der Waals surface area contributed by atoms with Gasteiger partial charge >= 0.3 is 0 Å². The molecule has 0 aliphatic rings. The number of hydrogen-bond acceptors (Lipinski definition) is 1. The Labute approximate surface area is 124 Å². The van der Waals surface area contributed by atoms with Crippen molar-refractivity contribution in [3.05, 3.63) is 33.3 Å². The van der Waals surface area contributed by atoms with Crippen LogP contribution in [0.4, 0.5) is 0 Å². The van der Waals surface area contributed by atoms with Gasteiger partial charge in [0.25, 0.3) is 0 Å². The summed E-state index contributed by atoms with van der Waals surface area (Å²) in [6, 6.07) is 6.10. The van der Waals surface area contributed by atoms with Gasteiger partial charge in [0, 0.05) is 11.0 Å². The first-order valence-corrected chi connectivity index (χ1v) is 7.99. The number of rotatable bonds is 8. The molecule has 102 valence electrons. The Morgan fingerprint density at radius 2 is 2.11 bits per heavy atom. The van der Waals surface area contributed by atoms with Crippen LogP contribution in [0, 0.1) is 5.92 Å². The van der Waals surface area contributed by atoms with Gasteiger partial charge in [-0.3, -0.25) is 0 Å². The second kappa shape index (κ2) is 8.95. The van der Waals surface area contributed by atoms with E-state index in [1.165, 1.54) is 31.2 Å². The lowest BCUT2D eigenvalue weighted by atomic mass is 9.99. The SMILES string of the molecule is CCCCC(CC)CNCc1ccc(Cl)c(Br)c1. The number of nitrogens with one attached hydrogen (secondary N) is 1. The predicted octanol–water partition coefficient (Wildman–Crippen LogP) is 5.41. The van der Waals surface area contributed by atoms with Crippen LogP contribution in [0.5, 0.6) is 0 Å². The van der Waals surface area contributed by atoms with Gasteiger partial charge in [0.2, 0.25) is 0 Å². The summed E-state index contributed by atoms with van der Waals surface area (Å²) >= 11 is 9.43. The van der Waals surface area contributed by atoms with Gasteiger partial charge < -0.3 is 5.32 Å². The average Bonchev–Trinajstić information content (AvgIpc) is 2.37. The average molecular weight is 333 g/mol. The summed E-state index contributed by atoms with van der Waals surface area (Å²) in [6.07, 6.45) is 5.23. The minimum Gasteiger partial charge on any atom is -0.312 e. The Bertz CT molecular complexity index is 354. The van der Waals surface area contributed by atoms with Gasteiger partial charge in [-0.15, -0.1) is 0 Å². The second-order valence-corrected chi connectivity index (χ2v) is 6.06. The van der Waals surface area contributed by atoms with E-state index in [1.807, 2.05) is 6.07 Å². The molecular formula is C15H23BrClN. The molecule has 0 amide bonds. The lowest BCUT2D eigenvalue weighted by molar-refractivity contribution is 0.419. The highest BCUT2D eigenvalue weighted by atomic mass is 79.9. The maximum Gasteiger partial charge on any atom is 0.0548 e. The predicted molar refractivity (Wildman–Crippen MR) is 84.2 cm³/mol. The molecule has 1 atom stereocenters. The van der Waals surface area contributed by atoms with Crippen LogP contribution in [-0.4, -0.2) is 6.54 Å². The van der Waals surface area contributed by atoms with E-state index in [9.17, 15) is 0 Å². The molecule has 0 aliphatic carbocycles. The van der Waals surface area contributed by atoms with Crippen molar-refractivity contribution in [2.45, 2.75) is 46.1 Å². The molecule has 0 saturated carbocycles. The molecule has 0 spiro atoms. The van der Waals surface area contributed by atoms with E-state index in [4.69, 9.17) is 11.6 Å². The van der Waals surface area contributed by atoms with Gasteiger partial charge in [-0.25, -0.2) is 0 Å². The molecule has 1 unspecified atom stereocenters. The Morgan fingerprint density at radius 1 is 1.33 bits per heavy atom. The molecule has 0 saturated heterocycles. The molecule has 1 N–H and O–H groups in total. The quantitative estimate of drug-likeness (QED) is 0.671. The third-order valence-corrected chi connectivity index (χ3v) is 4.50. The first-order valence-electron chi connectivity index (χ1n) is 6.82. The molecule has 0 bridgehead atoms. The normalized spacial score (nSPS) is 12.7. The van der Waals surface area contributed by atoms with Gasteiger partial charge in [-0.05, 0) is 52.5 Å². The van der Waals surface area contributed by atoms with E-state index >= 15 is 0 Å². The summed E-state index contributed by atoms with van der Waals surface area (Å²) < 4.78 is 0.974. The maximum absolute atomic E-state index is 5.98. The van der Waals surface area contributed by atoms with Crippen molar-refractivity contribution >= 4 is 27.5 Å². The smallest absolute Gasteiger partial charge is 0.0548 e. The van der Waals surface area contributed by atoms with Crippen molar-refractivity contribution in [3.63, 3.8) is 0 Å². The number of halogens is 2. The van der Waals surface area contributed by atoms with Crippen molar-refractivity contribution in [2.24, 2.45) is 5.92 Å². The van der Waals surface area contributed by atoms with Crippen molar-refractivity contribution in [1.29, 1.82) is 0 Å². The van der Waals surface area contributed by atoms with Crippen LogP contribution in [0.1, 0.15) is 45.1 Å². The van der Waals surface area contributed by atoms with Crippen LogP contribution < -0.4 is 5.32 Å². The summed E-state index contributed by atoms with van der Waals surface area (Å²) in [5, 5.41) is 4.32. The van der Waals surface area contributed by atoms with Crippen molar-refractivity contribution in [2.75, 3.05) is 6.54 Å². The minimum atomic E-state index is 0.771. The number of benzene rings is 1. The monoisotopic (exact) mass is 331 g/mol. The number of hydrogen-bond donors (Lipinski definition) is 1. The molecule has 0 heterocycles. The molecule has 1 rings (SSSR count). The zero-order chi connectivity index (χ0) is 13.4. The molecule has 1 nitrogen and oxygen atoms in total. The van der Waals surface area contributed by atoms with Crippen molar-refractivity contribution < 1.29 is 0 Å². The second-order valence-electron chi connectivity index (χ2n) is 4.80. The molecule has 0 aromatic heterocycles. The maximum atomic E-state index is 5.98. The van der Waals surface area contributed by atoms with Gasteiger partial charge in [-0.2, -0.15) is 0 Å². The Kier molecular flexibility index (Phi) is 7.96. The molecule has 1 aromatic rings. The summed E-state index contributed by atoms with van der Waals surface area (Å²) in [4.78, 5) is 0. The lowest BCUT2D eigenvalue weighted by Crippen LogP contribution is -2.22. The topological polar surface area (TPSA) is 12.0 Å². The lowest BCUT2D eigenvalue weighted by Gasteiger charge is -2.15. The van der Waals surface area contributed by atoms with Crippen LogP contribution >= 0.6 is 27.5 Å². The summed E-state index contributed by atoms with van der Waals surface area (Å²) in [5.74, 6) is 0.806. The van der Waals surface area contributed by atoms with Crippen LogP contribution in [0.3, 0.4) is 0 Å². The van der Waals surface area contributed by atoms with Crippen LogP contribution in [0.25, 0.3) is 0 Å². The fraction of sp³-hybridized carbons (Fsp3) is 0.600. The van der Waals surface area contributed by atoms with Crippen LogP contribution in [0.2, 0.25) is 5.02 Å².